The van der Waals surface area contributed by atoms with E-state index in [-0.39, 0.29) is 17.7 Å². The van der Waals surface area contributed by atoms with Gasteiger partial charge in [-0.2, -0.15) is 0 Å². The third kappa shape index (κ3) is 4.87. The average Bonchev–Trinajstić information content (AvgIpc) is 3.26. The van der Waals surface area contributed by atoms with Crippen LogP contribution in [0.15, 0.2) is 36.7 Å². The molecule has 2 amide bonds. The maximum atomic E-state index is 12.6. The molecular formula is C21H26ClN3O3. The van der Waals surface area contributed by atoms with Crippen LogP contribution >= 0.6 is 11.6 Å². The molecule has 1 heterocycles. The van der Waals surface area contributed by atoms with Crippen LogP contribution in [0.25, 0.3) is 5.69 Å². The number of hydrogen-bond donors (Lipinski definition) is 2. The predicted octanol–water partition coefficient (Wildman–Crippen LogP) is 3.57. The summed E-state index contributed by atoms with van der Waals surface area (Å²) < 4.78 is 7.24. The number of methoxy groups -OCH3 is 1. The Labute approximate surface area is 170 Å². The minimum atomic E-state index is -0.287. The van der Waals surface area contributed by atoms with Gasteiger partial charge in [0, 0.05) is 37.5 Å². The number of nitrogens with one attached hydrogen (secondary N) is 2. The van der Waals surface area contributed by atoms with E-state index in [1.807, 2.05) is 29.1 Å². The molecule has 1 fully saturated rings. The molecule has 2 N–H and O–H groups in total. The zero-order chi connectivity index (χ0) is 19.9. The highest BCUT2D eigenvalue weighted by atomic mass is 35.5. The lowest BCUT2D eigenvalue weighted by atomic mass is 9.89. The van der Waals surface area contributed by atoms with E-state index >= 15 is 0 Å². The Hall–Kier alpha value is -2.47. The van der Waals surface area contributed by atoms with E-state index in [1.54, 1.807) is 12.1 Å². The molecule has 7 heteroatoms. The van der Waals surface area contributed by atoms with Gasteiger partial charge in [0.05, 0.1) is 23.4 Å². The van der Waals surface area contributed by atoms with E-state index in [4.69, 9.17) is 16.3 Å². The van der Waals surface area contributed by atoms with Crippen molar-refractivity contribution in [3.63, 3.8) is 0 Å². The largest absolute Gasteiger partial charge is 0.496 e. The highest BCUT2D eigenvalue weighted by molar-refractivity contribution is 6.33. The van der Waals surface area contributed by atoms with Crippen molar-refractivity contribution in [1.29, 1.82) is 0 Å². The number of rotatable bonds is 7. The molecule has 0 bridgehead atoms. The van der Waals surface area contributed by atoms with Gasteiger partial charge in [0.2, 0.25) is 5.91 Å². The Balaban J connectivity index is 1.56. The average molecular weight is 404 g/mol. The van der Waals surface area contributed by atoms with Gasteiger partial charge in [0.1, 0.15) is 5.75 Å². The van der Waals surface area contributed by atoms with Crippen molar-refractivity contribution in [2.45, 2.75) is 32.1 Å². The lowest BCUT2D eigenvalue weighted by molar-refractivity contribution is -0.125. The van der Waals surface area contributed by atoms with Gasteiger partial charge >= 0.3 is 0 Å². The summed E-state index contributed by atoms with van der Waals surface area (Å²) in [5, 5.41) is 6.18. The summed E-state index contributed by atoms with van der Waals surface area (Å²) in [5.41, 5.74) is 1.10. The summed E-state index contributed by atoms with van der Waals surface area (Å²) in [6, 6.07) is 7.13. The van der Waals surface area contributed by atoms with Gasteiger partial charge in [-0.05, 0) is 31.0 Å². The second-order valence-corrected chi connectivity index (χ2v) is 7.38. The highest BCUT2D eigenvalue weighted by Gasteiger charge is 2.21. The Morgan fingerprint density at radius 1 is 1.11 bits per heavy atom. The molecule has 1 aliphatic rings. The first kappa shape index (κ1) is 20.3. The monoisotopic (exact) mass is 403 g/mol. The van der Waals surface area contributed by atoms with Crippen LogP contribution in [0.2, 0.25) is 5.02 Å². The van der Waals surface area contributed by atoms with E-state index < -0.39 is 0 Å². The molecule has 6 nitrogen and oxygen atoms in total. The lowest BCUT2D eigenvalue weighted by Crippen LogP contribution is -2.38. The van der Waals surface area contributed by atoms with Crippen molar-refractivity contribution in [3.05, 3.63) is 47.2 Å². The lowest BCUT2D eigenvalue weighted by Gasteiger charge is -2.20. The second kappa shape index (κ2) is 9.64. The number of carbonyl (C=O) groups excluding carboxylic acids is 2. The molecule has 0 radical (unpaired) electrons. The molecule has 1 aliphatic carbocycles. The number of amides is 2. The van der Waals surface area contributed by atoms with Gasteiger partial charge in [-0.3, -0.25) is 9.59 Å². The number of halogens is 1. The maximum absolute atomic E-state index is 12.6. The molecule has 150 valence electrons. The molecular weight excluding hydrogens is 378 g/mol. The van der Waals surface area contributed by atoms with Crippen LogP contribution in [0.3, 0.4) is 0 Å². The van der Waals surface area contributed by atoms with Crippen molar-refractivity contribution in [2.75, 3.05) is 20.2 Å². The van der Waals surface area contributed by atoms with E-state index in [0.29, 0.717) is 29.4 Å². The van der Waals surface area contributed by atoms with Crippen molar-refractivity contribution in [2.24, 2.45) is 5.92 Å². The van der Waals surface area contributed by atoms with E-state index in [2.05, 4.69) is 10.6 Å². The Bertz CT molecular complexity index is 815. The minimum absolute atomic E-state index is 0.0886. The quantitative estimate of drug-likeness (QED) is 0.694. The Morgan fingerprint density at radius 2 is 1.79 bits per heavy atom. The van der Waals surface area contributed by atoms with E-state index in [1.165, 1.54) is 13.5 Å². The topological polar surface area (TPSA) is 72.4 Å². The number of aromatic nitrogens is 1. The summed E-state index contributed by atoms with van der Waals surface area (Å²) in [7, 11) is 1.52. The zero-order valence-electron chi connectivity index (χ0n) is 16.0. The fraction of sp³-hybridized carbons (Fsp3) is 0.429. The van der Waals surface area contributed by atoms with Crippen LogP contribution in [-0.4, -0.2) is 36.6 Å². The second-order valence-electron chi connectivity index (χ2n) is 6.98. The summed E-state index contributed by atoms with van der Waals surface area (Å²) in [6.45, 7) is 0.746. The van der Waals surface area contributed by atoms with Gasteiger partial charge < -0.3 is 19.9 Å². The van der Waals surface area contributed by atoms with Gasteiger partial charge in [-0.15, -0.1) is 0 Å². The number of nitrogens with zero attached hydrogens (tertiary/aromatic N) is 1. The normalized spacial score (nSPS) is 14.5. The summed E-state index contributed by atoms with van der Waals surface area (Å²) in [4.78, 5) is 24.7. The van der Waals surface area contributed by atoms with Crippen molar-refractivity contribution < 1.29 is 14.3 Å². The van der Waals surface area contributed by atoms with Crippen LogP contribution in [0, 0.1) is 5.92 Å². The first-order chi connectivity index (χ1) is 13.6. The molecule has 1 aromatic heterocycles. The SMILES string of the molecule is COc1cc(-n2cccc2)c(Cl)cc1C(=O)NCCNC(=O)C1CCCCC1. The van der Waals surface area contributed by atoms with E-state index in [9.17, 15) is 9.59 Å². The van der Waals surface area contributed by atoms with Crippen molar-refractivity contribution >= 4 is 23.4 Å². The van der Waals surface area contributed by atoms with Crippen molar-refractivity contribution in [3.8, 4) is 11.4 Å². The summed E-state index contributed by atoms with van der Waals surface area (Å²) in [6.07, 6.45) is 9.12. The predicted molar refractivity (Wildman–Crippen MR) is 109 cm³/mol. The molecule has 0 spiro atoms. The Morgan fingerprint density at radius 3 is 2.46 bits per heavy atom. The minimum Gasteiger partial charge on any atom is -0.496 e. The molecule has 0 saturated heterocycles. The summed E-state index contributed by atoms with van der Waals surface area (Å²) >= 11 is 6.37. The van der Waals surface area contributed by atoms with Crippen LogP contribution < -0.4 is 15.4 Å². The molecule has 1 saturated carbocycles. The fourth-order valence-electron chi connectivity index (χ4n) is 3.55. The molecule has 1 aromatic carbocycles. The third-order valence-electron chi connectivity index (χ3n) is 5.08. The number of benzene rings is 1. The van der Waals surface area contributed by atoms with Crippen LogP contribution in [0.5, 0.6) is 5.75 Å². The van der Waals surface area contributed by atoms with Gasteiger partial charge in [-0.25, -0.2) is 0 Å². The smallest absolute Gasteiger partial charge is 0.255 e. The summed E-state index contributed by atoms with van der Waals surface area (Å²) in [5.74, 6) is 0.358. The molecule has 28 heavy (non-hydrogen) atoms. The molecule has 0 atom stereocenters. The first-order valence-electron chi connectivity index (χ1n) is 9.67. The highest BCUT2D eigenvalue weighted by Crippen LogP contribution is 2.30. The van der Waals surface area contributed by atoms with Crippen LogP contribution in [0.4, 0.5) is 0 Å². The third-order valence-corrected chi connectivity index (χ3v) is 5.38. The number of carbonyl (C=O) groups is 2. The Kier molecular flexibility index (Phi) is 6.98. The number of ether oxygens (including phenoxy) is 1. The van der Waals surface area contributed by atoms with Crippen LogP contribution in [-0.2, 0) is 4.79 Å². The van der Waals surface area contributed by atoms with Crippen molar-refractivity contribution in [1.82, 2.24) is 15.2 Å². The molecule has 0 unspecified atom stereocenters. The van der Waals surface area contributed by atoms with Gasteiger partial charge in [0.25, 0.3) is 5.91 Å². The van der Waals surface area contributed by atoms with E-state index in [0.717, 1.165) is 31.4 Å². The van der Waals surface area contributed by atoms with Gasteiger partial charge in [-0.1, -0.05) is 30.9 Å². The maximum Gasteiger partial charge on any atom is 0.255 e. The molecule has 2 aromatic rings. The fourth-order valence-corrected chi connectivity index (χ4v) is 3.81. The first-order valence-corrected chi connectivity index (χ1v) is 10.0. The standard InChI is InChI=1S/C21H26ClN3O3/c1-28-19-14-18(25-11-5-6-12-25)17(22)13-16(19)21(27)24-10-9-23-20(26)15-7-3-2-4-8-15/h5-6,11-15H,2-4,7-10H2,1H3,(H,23,26)(H,24,27). The zero-order valence-corrected chi connectivity index (χ0v) is 16.8. The molecule has 0 aliphatic heterocycles. The number of hydrogen-bond acceptors (Lipinski definition) is 3. The van der Waals surface area contributed by atoms with Crippen LogP contribution in [0.1, 0.15) is 42.5 Å². The van der Waals surface area contributed by atoms with Gasteiger partial charge in [0.15, 0.2) is 0 Å². The molecule has 3 rings (SSSR count).